The van der Waals surface area contributed by atoms with Gasteiger partial charge in [-0.3, -0.25) is 9.98 Å². The number of pyridine rings is 1. The third-order valence-corrected chi connectivity index (χ3v) is 4.47. The van der Waals surface area contributed by atoms with E-state index in [4.69, 9.17) is 9.47 Å². The van der Waals surface area contributed by atoms with Gasteiger partial charge in [-0.25, -0.2) is 0 Å². The molecule has 1 aromatic heterocycles. The van der Waals surface area contributed by atoms with Crippen molar-refractivity contribution in [1.29, 1.82) is 0 Å². The lowest BCUT2D eigenvalue weighted by atomic mass is 10.1. The molecule has 148 valence electrons. The lowest BCUT2D eigenvalue weighted by Gasteiger charge is -2.13. The molecule has 0 radical (unpaired) electrons. The SMILES string of the molecule is CN=C(NCCCOCC1CCCO1)NCc1cccc2cccnc12.I. The predicted molar refractivity (Wildman–Crippen MR) is 120 cm³/mol. The fraction of sp³-hybridized carbons (Fsp3) is 0.500. The maximum atomic E-state index is 5.68. The summed E-state index contributed by atoms with van der Waals surface area (Å²) in [5.74, 6) is 0.789. The van der Waals surface area contributed by atoms with Gasteiger partial charge in [0, 0.05) is 44.9 Å². The van der Waals surface area contributed by atoms with Gasteiger partial charge in [-0.05, 0) is 30.9 Å². The van der Waals surface area contributed by atoms with Gasteiger partial charge in [-0.1, -0.05) is 24.3 Å². The molecule has 0 aliphatic carbocycles. The quantitative estimate of drug-likeness (QED) is 0.261. The molecule has 1 aliphatic rings. The summed E-state index contributed by atoms with van der Waals surface area (Å²) in [5.41, 5.74) is 2.19. The van der Waals surface area contributed by atoms with Crippen molar-refractivity contribution in [2.24, 2.45) is 4.99 Å². The minimum absolute atomic E-state index is 0. The van der Waals surface area contributed by atoms with Crippen LogP contribution in [0.1, 0.15) is 24.8 Å². The molecule has 27 heavy (non-hydrogen) atoms. The number of aromatic nitrogens is 1. The van der Waals surface area contributed by atoms with Gasteiger partial charge >= 0.3 is 0 Å². The van der Waals surface area contributed by atoms with Crippen LogP contribution in [0.4, 0.5) is 0 Å². The molecule has 0 bridgehead atoms. The summed E-state index contributed by atoms with van der Waals surface area (Å²) in [6.45, 7) is 3.82. The Morgan fingerprint density at radius 3 is 3.00 bits per heavy atom. The molecule has 2 heterocycles. The Balaban J connectivity index is 0.00000261. The van der Waals surface area contributed by atoms with Crippen LogP contribution in [0.15, 0.2) is 41.5 Å². The molecule has 7 heteroatoms. The molecule has 1 aromatic carbocycles. The van der Waals surface area contributed by atoms with Crippen LogP contribution in [0.2, 0.25) is 0 Å². The fourth-order valence-corrected chi connectivity index (χ4v) is 3.08. The summed E-state index contributed by atoms with van der Waals surface area (Å²) in [4.78, 5) is 8.76. The van der Waals surface area contributed by atoms with Gasteiger partial charge < -0.3 is 20.1 Å². The van der Waals surface area contributed by atoms with E-state index >= 15 is 0 Å². The zero-order chi connectivity index (χ0) is 18.0. The van der Waals surface area contributed by atoms with Gasteiger partial charge in [0.25, 0.3) is 0 Å². The Morgan fingerprint density at radius 1 is 1.30 bits per heavy atom. The average molecular weight is 484 g/mol. The number of hydrogen-bond donors (Lipinski definition) is 2. The highest BCUT2D eigenvalue weighted by Gasteiger charge is 2.14. The van der Waals surface area contributed by atoms with E-state index in [1.54, 1.807) is 7.05 Å². The van der Waals surface area contributed by atoms with E-state index in [9.17, 15) is 0 Å². The molecule has 0 spiro atoms. The monoisotopic (exact) mass is 484 g/mol. The second-order valence-corrected chi connectivity index (χ2v) is 6.41. The molecule has 1 saturated heterocycles. The average Bonchev–Trinajstić information content (AvgIpc) is 3.20. The largest absolute Gasteiger partial charge is 0.379 e. The van der Waals surface area contributed by atoms with Crippen molar-refractivity contribution in [3.63, 3.8) is 0 Å². The Kier molecular flexibility index (Phi) is 9.79. The minimum Gasteiger partial charge on any atom is -0.379 e. The molecular formula is C20H29IN4O2. The zero-order valence-electron chi connectivity index (χ0n) is 15.8. The van der Waals surface area contributed by atoms with Crippen LogP contribution in [-0.2, 0) is 16.0 Å². The van der Waals surface area contributed by atoms with Crippen molar-refractivity contribution in [3.8, 4) is 0 Å². The van der Waals surface area contributed by atoms with Crippen molar-refractivity contribution in [2.75, 3.05) is 33.4 Å². The minimum atomic E-state index is 0. The molecule has 6 nitrogen and oxygen atoms in total. The maximum absolute atomic E-state index is 5.68. The highest BCUT2D eigenvalue weighted by molar-refractivity contribution is 14.0. The number of benzene rings is 1. The lowest BCUT2D eigenvalue weighted by molar-refractivity contribution is 0.0168. The Labute approximate surface area is 178 Å². The van der Waals surface area contributed by atoms with Crippen LogP contribution < -0.4 is 10.6 Å². The Morgan fingerprint density at radius 2 is 2.19 bits per heavy atom. The van der Waals surface area contributed by atoms with Crippen LogP contribution in [0.5, 0.6) is 0 Å². The molecule has 2 aromatic rings. The summed E-state index contributed by atoms with van der Waals surface area (Å²) >= 11 is 0. The standard InChI is InChI=1S/C20H28N4O2.HI/c1-21-20(23-11-5-12-25-15-18-9-4-13-26-18)24-14-17-7-2-6-16-8-3-10-22-19(16)17;/h2-3,6-8,10,18H,4-5,9,11-15H2,1H3,(H2,21,23,24);1H. The molecule has 1 atom stereocenters. The summed E-state index contributed by atoms with van der Waals surface area (Å²) in [7, 11) is 1.78. The third kappa shape index (κ3) is 6.90. The first-order valence-electron chi connectivity index (χ1n) is 9.33. The second kappa shape index (κ2) is 12.1. The number of nitrogens with one attached hydrogen (secondary N) is 2. The first-order valence-corrected chi connectivity index (χ1v) is 9.33. The van der Waals surface area contributed by atoms with Crippen LogP contribution in [0.25, 0.3) is 10.9 Å². The van der Waals surface area contributed by atoms with Crippen molar-refractivity contribution in [1.82, 2.24) is 15.6 Å². The molecule has 3 rings (SSSR count). The van der Waals surface area contributed by atoms with Gasteiger partial charge in [0.2, 0.25) is 0 Å². The Hall–Kier alpha value is -1.45. The summed E-state index contributed by atoms with van der Waals surface area (Å²) in [5, 5.41) is 7.83. The van der Waals surface area contributed by atoms with E-state index < -0.39 is 0 Å². The van der Waals surface area contributed by atoms with E-state index in [-0.39, 0.29) is 24.0 Å². The van der Waals surface area contributed by atoms with Crippen molar-refractivity contribution < 1.29 is 9.47 Å². The van der Waals surface area contributed by atoms with Gasteiger partial charge in [0.15, 0.2) is 5.96 Å². The third-order valence-electron chi connectivity index (χ3n) is 4.47. The predicted octanol–water partition coefficient (Wildman–Crippen LogP) is 3.10. The molecule has 1 unspecified atom stereocenters. The lowest BCUT2D eigenvalue weighted by Crippen LogP contribution is -2.37. The van der Waals surface area contributed by atoms with Crippen LogP contribution in [-0.4, -0.2) is 50.5 Å². The van der Waals surface area contributed by atoms with E-state index in [1.165, 1.54) is 0 Å². The number of nitrogens with zero attached hydrogens (tertiary/aromatic N) is 2. The topological polar surface area (TPSA) is 67.8 Å². The van der Waals surface area contributed by atoms with Crippen LogP contribution >= 0.6 is 24.0 Å². The van der Waals surface area contributed by atoms with Crippen molar-refractivity contribution >= 4 is 40.8 Å². The number of guanidine groups is 1. The molecule has 2 N–H and O–H groups in total. The number of hydrogen-bond acceptors (Lipinski definition) is 4. The van der Waals surface area contributed by atoms with Gasteiger partial charge in [0.05, 0.1) is 18.2 Å². The number of ether oxygens (including phenoxy) is 2. The molecular weight excluding hydrogens is 455 g/mol. The normalized spacial score (nSPS) is 16.9. The smallest absolute Gasteiger partial charge is 0.191 e. The molecule has 0 saturated carbocycles. The van der Waals surface area contributed by atoms with Crippen molar-refractivity contribution in [3.05, 3.63) is 42.1 Å². The first-order chi connectivity index (χ1) is 12.9. The highest BCUT2D eigenvalue weighted by Crippen LogP contribution is 2.15. The van der Waals surface area contributed by atoms with Gasteiger partial charge in [-0.2, -0.15) is 0 Å². The molecule has 1 aliphatic heterocycles. The highest BCUT2D eigenvalue weighted by atomic mass is 127. The number of halogens is 1. The summed E-state index contributed by atoms with van der Waals surface area (Å²) < 4.78 is 11.2. The molecule has 0 amide bonds. The van der Waals surface area contributed by atoms with E-state index in [1.807, 2.05) is 12.3 Å². The number of rotatable bonds is 8. The van der Waals surface area contributed by atoms with E-state index in [2.05, 4.69) is 44.9 Å². The maximum Gasteiger partial charge on any atom is 0.191 e. The fourth-order valence-electron chi connectivity index (χ4n) is 3.08. The van der Waals surface area contributed by atoms with E-state index in [0.717, 1.165) is 61.4 Å². The van der Waals surface area contributed by atoms with Crippen molar-refractivity contribution in [2.45, 2.75) is 31.9 Å². The second-order valence-electron chi connectivity index (χ2n) is 6.41. The summed E-state index contributed by atoms with van der Waals surface area (Å²) in [6.07, 6.45) is 5.34. The zero-order valence-corrected chi connectivity index (χ0v) is 18.1. The first kappa shape index (κ1) is 21.8. The van der Waals surface area contributed by atoms with E-state index in [0.29, 0.717) is 19.3 Å². The van der Waals surface area contributed by atoms with Gasteiger partial charge in [-0.15, -0.1) is 24.0 Å². The van der Waals surface area contributed by atoms with Gasteiger partial charge in [0.1, 0.15) is 0 Å². The van der Waals surface area contributed by atoms with Crippen LogP contribution in [0.3, 0.4) is 0 Å². The summed E-state index contributed by atoms with van der Waals surface area (Å²) in [6, 6.07) is 10.3. The number of para-hydroxylation sites is 1. The molecule has 1 fully saturated rings. The van der Waals surface area contributed by atoms with Crippen LogP contribution in [0, 0.1) is 0 Å². The number of fused-ring (bicyclic) bond motifs is 1. The number of aliphatic imine (C=N–C) groups is 1. The Bertz CT molecular complexity index is 715.